The molecule has 1 aliphatic rings. The molecule has 0 spiro atoms. The van der Waals surface area contributed by atoms with E-state index >= 15 is 0 Å². The molecule has 0 N–H and O–H groups in total. The monoisotopic (exact) mass is 248 g/mol. The molecular formula is C16H18F2. The van der Waals surface area contributed by atoms with Gasteiger partial charge in [0, 0.05) is 11.5 Å². The molecule has 1 aliphatic carbocycles. The minimum atomic E-state index is -0.823. The molecule has 0 heterocycles. The molecule has 2 rings (SSSR count). The van der Waals surface area contributed by atoms with E-state index in [1.807, 2.05) is 0 Å². The lowest BCUT2D eigenvalue weighted by molar-refractivity contribution is 0.309. The van der Waals surface area contributed by atoms with Crippen molar-refractivity contribution in [3.05, 3.63) is 35.4 Å². The predicted molar refractivity (Wildman–Crippen MR) is 69.0 cm³/mol. The Morgan fingerprint density at radius 2 is 1.83 bits per heavy atom. The number of halogens is 2. The Labute approximate surface area is 107 Å². The van der Waals surface area contributed by atoms with E-state index in [2.05, 4.69) is 18.8 Å². The smallest absolute Gasteiger partial charge is 0.160 e. The highest BCUT2D eigenvalue weighted by atomic mass is 19.2. The Morgan fingerprint density at radius 3 is 2.44 bits per heavy atom. The molecule has 1 saturated carbocycles. The van der Waals surface area contributed by atoms with Crippen molar-refractivity contribution in [3.63, 3.8) is 0 Å². The van der Waals surface area contributed by atoms with Gasteiger partial charge in [0.25, 0.3) is 0 Å². The van der Waals surface area contributed by atoms with Crippen molar-refractivity contribution in [1.82, 2.24) is 0 Å². The minimum absolute atomic E-state index is 0.418. The summed E-state index contributed by atoms with van der Waals surface area (Å²) in [6.45, 7) is 2.23. The van der Waals surface area contributed by atoms with Crippen LogP contribution in [0, 0.1) is 35.3 Å². The van der Waals surface area contributed by atoms with Gasteiger partial charge >= 0.3 is 0 Å². The fourth-order valence-corrected chi connectivity index (χ4v) is 2.47. The number of benzene rings is 1. The van der Waals surface area contributed by atoms with Crippen LogP contribution in [0.2, 0.25) is 0 Å². The molecule has 1 aromatic carbocycles. The van der Waals surface area contributed by atoms with E-state index in [-0.39, 0.29) is 0 Å². The molecular weight excluding hydrogens is 230 g/mol. The quantitative estimate of drug-likeness (QED) is 0.640. The highest BCUT2D eigenvalue weighted by molar-refractivity contribution is 5.35. The summed E-state index contributed by atoms with van der Waals surface area (Å²) in [6, 6.07) is 3.83. The van der Waals surface area contributed by atoms with Gasteiger partial charge in [0.15, 0.2) is 11.6 Å². The van der Waals surface area contributed by atoms with E-state index in [4.69, 9.17) is 0 Å². The second-order valence-electron chi connectivity index (χ2n) is 5.02. The summed E-state index contributed by atoms with van der Waals surface area (Å²) in [7, 11) is 0. The zero-order chi connectivity index (χ0) is 13.0. The first kappa shape index (κ1) is 13.1. The molecule has 0 aliphatic heterocycles. The van der Waals surface area contributed by atoms with Gasteiger partial charge in [-0.05, 0) is 49.8 Å². The topological polar surface area (TPSA) is 0 Å². The van der Waals surface area contributed by atoms with Gasteiger partial charge in [0.05, 0.1) is 0 Å². The van der Waals surface area contributed by atoms with Crippen LogP contribution < -0.4 is 0 Å². The third kappa shape index (κ3) is 3.32. The number of hydrogen-bond acceptors (Lipinski definition) is 0. The van der Waals surface area contributed by atoms with Gasteiger partial charge in [-0.1, -0.05) is 25.2 Å². The first-order chi connectivity index (χ1) is 8.69. The van der Waals surface area contributed by atoms with Gasteiger partial charge in [0.1, 0.15) is 0 Å². The van der Waals surface area contributed by atoms with Crippen molar-refractivity contribution in [2.24, 2.45) is 11.8 Å². The van der Waals surface area contributed by atoms with Gasteiger partial charge in [-0.25, -0.2) is 8.78 Å². The summed E-state index contributed by atoms with van der Waals surface area (Å²) in [5, 5.41) is 0. The van der Waals surface area contributed by atoms with Gasteiger partial charge in [-0.15, -0.1) is 0 Å². The number of rotatable bonds is 1. The summed E-state index contributed by atoms with van der Waals surface area (Å²) in [5.41, 5.74) is 0.562. The molecule has 1 fully saturated rings. The molecule has 0 bridgehead atoms. The Kier molecular flexibility index (Phi) is 4.36. The third-order valence-corrected chi connectivity index (χ3v) is 3.76. The zero-order valence-electron chi connectivity index (χ0n) is 10.7. The van der Waals surface area contributed by atoms with E-state index < -0.39 is 11.6 Å². The Morgan fingerprint density at radius 1 is 1.11 bits per heavy atom. The lowest BCUT2D eigenvalue weighted by Crippen LogP contribution is -2.12. The Bertz CT molecular complexity index is 460. The fourth-order valence-electron chi connectivity index (χ4n) is 2.47. The molecule has 0 unspecified atom stereocenters. The van der Waals surface area contributed by atoms with Crippen LogP contribution in [0.5, 0.6) is 0 Å². The minimum Gasteiger partial charge on any atom is -0.204 e. The van der Waals surface area contributed by atoms with Crippen molar-refractivity contribution in [1.29, 1.82) is 0 Å². The summed E-state index contributed by atoms with van der Waals surface area (Å²) >= 11 is 0. The van der Waals surface area contributed by atoms with Gasteiger partial charge in [0.2, 0.25) is 0 Å². The van der Waals surface area contributed by atoms with E-state index in [1.54, 1.807) is 0 Å². The SMILES string of the molecule is CCC1CCC(C#Cc2ccc(F)c(F)c2)CC1. The van der Waals surface area contributed by atoms with Crippen LogP contribution in [-0.4, -0.2) is 0 Å². The standard InChI is InChI=1S/C16H18F2/c1-2-12-3-5-13(6-4-12)7-8-14-9-10-15(17)16(18)11-14/h9-13H,2-6H2,1H3. The lowest BCUT2D eigenvalue weighted by atomic mass is 9.81. The average Bonchev–Trinajstić information content (AvgIpc) is 2.41. The van der Waals surface area contributed by atoms with E-state index in [1.165, 1.54) is 31.4 Å². The van der Waals surface area contributed by atoms with Crippen LogP contribution in [-0.2, 0) is 0 Å². The van der Waals surface area contributed by atoms with Crippen LogP contribution in [0.3, 0.4) is 0 Å². The maximum Gasteiger partial charge on any atom is 0.160 e. The summed E-state index contributed by atoms with van der Waals surface area (Å²) in [6.07, 6.45) is 6.01. The summed E-state index contributed by atoms with van der Waals surface area (Å²) < 4.78 is 25.8. The van der Waals surface area contributed by atoms with Gasteiger partial charge in [-0.3, -0.25) is 0 Å². The summed E-state index contributed by atoms with van der Waals surface area (Å²) in [5.74, 6) is 5.78. The molecule has 0 radical (unpaired) electrons. The third-order valence-electron chi connectivity index (χ3n) is 3.76. The average molecular weight is 248 g/mol. The lowest BCUT2D eigenvalue weighted by Gasteiger charge is -2.24. The van der Waals surface area contributed by atoms with Gasteiger partial charge < -0.3 is 0 Å². The van der Waals surface area contributed by atoms with E-state index in [9.17, 15) is 8.78 Å². The van der Waals surface area contributed by atoms with Gasteiger partial charge in [-0.2, -0.15) is 0 Å². The first-order valence-corrected chi connectivity index (χ1v) is 6.65. The molecule has 0 nitrogen and oxygen atoms in total. The molecule has 0 aromatic heterocycles. The van der Waals surface area contributed by atoms with Crippen LogP contribution in [0.4, 0.5) is 8.78 Å². The fraction of sp³-hybridized carbons (Fsp3) is 0.500. The van der Waals surface area contributed by atoms with Crippen LogP contribution in [0.15, 0.2) is 18.2 Å². The molecule has 0 saturated heterocycles. The molecule has 0 atom stereocenters. The van der Waals surface area contributed by atoms with E-state index in [0.29, 0.717) is 11.5 Å². The predicted octanol–water partition coefficient (Wildman–Crippen LogP) is 4.53. The normalized spacial score (nSPS) is 23.3. The van der Waals surface area contributed by atoms with Crippen molar-refractivity contribution in [2.45, 2.75) is 39.0 Å². The van der Waals surface area contributed by atoms with Crippen molar-refractivity contribution >= 4 is 0 Å². The maximum atomic E-state index is 13.0. The second-order valence-corrected chi connectivity index (χ2v) is 5.02. The Balaban J connectivity index is 1.98. The Hall–Kier alpha value is -1.36. The molecule has 1 aromatic rings. The molecule has 18 heavy (non-hydrogen) atoms. The summed E-state index contributed by atoms with van der Waals surface area (Å²) in [4.78, 5) is 0. The zero-order valence-corrected chi connectivity index (χ0v) is 10.7. The highest BCUT2D eigenvalue weighted by Crippen LogP contribution is 2.30. The second kappa shape index (κ2) is 6.00. The van der Waals surface area contributed by atoms with E-state index in [0.717, 1.165) is 24.8 Å². The number of hydrogen-bond donors (Lipinski definition) is 0. The largest absolute Gasteiger partial charge is 0.204 e. The highest BCUT2D eigenvalue weighted by Gasteiger charge is 2.18. The first-order valence-electron chi connectivity index (χ1n) is 6.65. The van der Waals surface area contributed by atoms with Crippen molar-refractivity contribution in [2.75, 3.05) is 0 Å². The van der Waals surface area contributed by atoms with Crippen molar-refractivity contribution in [3.8, 4) is 11.8 Å². The maximum absolute atomic E-state index is 13.0. The van der Waals surface area contributed by atoms with Crippen molar-refractivity contribution < 1.29 is 8.78 Å². The molecule has 2 heteroatoms. The van der Waals surface area contributed by atoms with Crippen LogP contribution >= 0.6 is 0 Å². The molecule has 96 valence electrons. The molecule has 0 amide bonds. The van der Waals surface area contributed by atoms with Crippen LogP contribution in [0.25, 0.3) is 0 Å². The van der Waals surface area contributed by atoms with Crippen LogP contribution in [0.1, 0.15) is 44.6 Å².